The molecule has 21 heavy (non-hydrogen) atoms. The summed E-state index contributed by atoms with van der Waals surface area (Å²) in [6, 6.07) is 3.82. The minimum absolute atomic E-state index is 0.342. The number of carbonyl (C=O) groups is 2. The molecule has 0 saturated heterocycles. The summed E-state index contributed by atoms with van der Waals surface area (Å²) in [4.78, 5) is 23.5. The molecule has 0 fully saturated rings. The summed E-state index contributed by atoms with van der Waals surface area (Å²) in [5.74, 6) is -0.428. The molecule has 1 aliphatic heterocycles. The SMILES string of the molecule is CC(C)(C)C(NC(=O)c1ccc2c(c1)OCCO2)C(=O)O. The lowest BCUT2D eigenvalue weighted by molar-refractivity contribution is -0.142. The average Bonchev–Trinajstić information content (AvgIpc) is 2.42. The van der Waals surface area contributed by atoms with Crippen LogP contribution in [0.3, 0.4) is 0 Å². The molecule has 0 spiro atoms. The molecule has 0 saturated carbocycles. The summed E-state index contributed by atoms with van der Waals surface area (Å²) in [6.07, 6.45) is 0. The predicted octanol–water partition coefficient (Wildman–Crippen LogP) is 1.69. The van der Waals surface area contributed by atoms with Gasteiger partial charge >= 0.3 is 5.97 Å². The van der Waals surface area contributed by atoms with Crippen molar-refractivity contribution in [3.63, 3.8) is 0 Å². The second-order valence-electron chi connectivity index (χ2n) is 5.97. The molecule has 0 bridgehead atoms. The van der Waals surface area contributed by atoms with E-state index < -0.39 is 23.3 Å². The van der Waals surface area contributed by atoms with Gasteiger partial charge in [0.15, 0.2) is 11.5 Å². The van der Waals surface area contributed by atoms with E-state index in [0.29, 0.717) is 30.3 Å². The Morgan fingerprint density at radius 1 is 1.19 bits per heavy atom. The van der Waals surface area contributed by atoms with Crippen LogP contribution in [0.2, 0.25) is 0 Å². The second kappa shape index (κ2) is 5.63. The van der Waals surface area contributed by atoms with Gasteiger partial charge in [-0.1, -0.05) is 20.8 Å². The Labute approximate surface area is 123 Å². The highest BCUT2D eigenvalue weighted by molar-refractivity contribution is 5.97. The number of carboxylic acids is 1. The molecule has 0 aliphatic carbocycles. The van der Waals surface area contributed by atoms with E-state index in [1.807, 2.05) is 0 Å². The third-order valence-electron chi connectivity index (χ3n) is 3.19. The number of amides is 1. The van der Waals surface area contributed by atoms with Crippen LogP contribution < -0.4 is 14.8 Å². The first-order valence-electron chi connectivity index (χ1n) is 6.72. The summed E-state index contributed by atoms with van der Waals surface area (Å²) < 4.78 is 10.8. The lowest BCUT2D eigenvalue weighted by Crippen LogP contribution is -2.49. The normalized spacial score (nSPS) is 15.2. The molecule has 2 rings (SSSR count). The maximum absolute atomic E-state index is 12.2. The standard InChI is InChI=1S/C15H19NO5/c1-15(2,3)12(14(18)19)16-13(17)9-4-5-10-11(8-9)21-7-6-20-10/h4-5,8,12H,6-7H2,1-3H3,(H,16,17)(H,18,19). The molecule has 1 aliphatic rings. The Hall–Kier alpha value is -2.24. The van der Waals surface area contributed by atoms with Crippen LogP contribution in [0, 0.1) is 5.41 Å². The van der Waals surface area contributed by atoms with Crippen molar-refractivity contribution in [2.45, 2.75) is 26.8 Å². The maximum atomic E-state index is 12.2. The third-order valence-corrected chi connectivity index (χ3v) is 3.19. The van der Waals surface area contributed by atoms with Crippen molar-refractivity contribution in [2.75, 3.05) is 13.2 Å². The van der Waals surface area contributed by atoms with Crippen LogP contribution in [0.1, 0.15) is 31.1 Å². The largest absolute Gasteiger partial charge is 0.486 e. The van der Waals surface area contributed by atoms with Crippen LogP contribution in [-0.2, 0) is 4.79 Å². The number of benzene rings is 1. The molecule has 1 atom stereocenters. The van der Waals surface area contributed by atoms with Crippen LogP contribution in [0.4, 0.5) is 0 Å². The first-order chi connectivity index (χ1) is 9.79. The minimum atomic E-state index is -1.06. The minimum Gasteiger partial charge on any atom is -0.486 e. The summed E-state index contributed by atoms with van der Waals surface area (Å²) in [6.45, 7) is 6.18. The molecule has 1 aromatic carbocycles. The lowest BCUT2D eigenvalue weighted by Gasteiger charge is -2.28. The van der Waals surface area contributed by atoms with Gasteiger partial charge in [0.25, 0.3) is 5.91 Å². The first-order valence-corrected chi connectivity index (χ1v) is 6.72. The molecule has 1 unspecified atom stereocenters. The van der Waals surface area contributed by atoms with Crippen molar-refractivity contribution < 1.29 is 24.2 Å². The van der Waals surface area contributed by atoms with E-state index in [4.69, 9.17) is 9.47 Å². The Morgan fingerprint density at radius 3 is 2.38 bits per heavy atom. The van der Waals surface area contributed by atoms with Crippen molar-refractivity contribution in [1.82, 2.24) is 5.32 Å². The molecule has 6 heteroatoms. The van der Waals surface area contributed by atoms with Gasteiger partial charge in [0.1, 0.15) is 19.3 Å². The molecule has 1 amide bonds. The molecule has 0 aromatic heterocycles. The van der Waals surface area contributed by atoms with Crippen LogP contribution in [0.5, 0.6) is 11.5 Å². The molecular weight excluding hydrogens is 274 g/mol. The van der Waals surface area contributed by atoms with Gasteiger partial charge in [-0.05, 0) is 23.6 Å². The van der Waals surface area contributed by atoms with E-state index in [-0.39, 0.29) is 0 Å². The molecule has 6 nitrogen and oxygen atoms in total. The molecular formula is C15H19NO5. The van der Waals surface area contributed by atoms with Crippen LogP contribution in [0.15, 0.2) is 18.2 Å². The van der Waals surface area contributed by atoms with Crippen molar-refractivity contribution in [1.29, 1.82) is 0 Å². The number of hydrogen-bond acceptors (Lipinski definition) is 4. The van der Waals surface area contributed by atoms with E-state index in [1.54, 1.807) is 39.0 Å². The molecule has 0 radical (unpaired) electrons. The Morgan fingerprint density at radius 2 is 1.81 bits per heavy atom. The fourth-order valence-corrected chi connectivity index (χ4v) is 2.05. The summed E-state index contributed by atoms with van der Waals surface area (Å²) in [5, 5.41) is 11.8. The average molecular weight is 293 g/mol. The second-order valence-corrected chi connectivity index (χ2v) is 5.97. The van der Waals surface area contributed by atoms with Gasteiger partial charge in [-0.3, -0.25) is 4.79 Å². The fraction of sp³-hybridized carbons (Fsp3) is 0.467. The summed E-state index contributed by atoms with van der Waals surface area (Å²) >= 11 is 0. The van der Waals surface area contributed by atoms with Crippen LogP contribution in [0.25, 0.3) is 0 Å². The van der Waals surface area contributed by atoms with Crippen molar-refractivity contribution in [2.24, 2.45) is 5.41 Å². The Kier molecular flexibility index (Phi) is 4.06. The molecule has 2 N–H and O–H groups in total. The van der Waals surface area contributed by atoms with E-state index in [2.05, 4.69) is 5.32 Å². The third kappa shape index (κ3) is 3.45. The summed E-state index contributed by atoms with van der Waals surface area (Å²) in [7, 11) is 0. The number of carbonyl (C=O) groups excluding carboxylic acids is 1. The highest BCUT2D eigenvalue weighted by atomic mass is 16.6. The Bertz CT molecular complexity index is 562. The lowest BCUT2D eigenvalue weighted by atomic mass is 9.86. The van der Waals surface area contributed by atoms with Gasteiger partial charge < -0.3 is 19.9 Å². The molecule has 1 heterocycles. The topological polar surface area (TPSA) is 84.9 Å². The summed E-state index contributed by atoms with van der Waals surface area (Å²) in [5.41, 5.74) is -0.246. The number of rotatable bonds is 3. The van der Waals surface area contributed by atoms with E-state index >= 15 is 0 Å². The quantitative estimate of drug-likeness (QED) is 0.885. The monoisotopic (exact) mass is 293 g/mol. The van der Waals surface area contributed by atoms with Gasteiger partial charge in [0.2, 0.25) is 0 Å². The number of fused-ring (bicyclic) bond motifs is 1. The highest BCUT2D eigenvalue weighted by Crippen LogP contribution is 2.31. The highest BCUT2D eigenvalue weighted by Gasteiger charge is 2.33. The number of hydrogen-bond donors (Lipinski definition) is 2. The predicted molar refractivity (Wildman–Crippen MR) is 75.8 cm³/mol. The maximum Gasteiger partial charge on any atom is 0.326 e. The molecule has 1 aromatic rings. The van der Waals surface area contributed by atoms with Crippen molar-refractivity contribution >= 4 is 11.9 Å². The van der Waals surface area contributed by atoms with Crippen LogP contribution in [-0.4, -0.2) is 36.2 Å². The van der Waals surface area contributed by atoms with Gasteiger partial charge in [-0.25, -0.2) is 4.79 Å². The number of ether oxygens (including phenoxy) is 2. The van der Waals surface area contributed by atoms with E-state index in [9.17, 15) is 14.7 Å². The molecule has 114 valence electrons. The van der Waals surface area contributed by atoms with Crippen molar-refractivity contribution in [3.8, 4) is 11.5 Å². The van der Waals surface area contributed by atoms with Gasteiger partial charge in [-0.2, -0.15) is 0 Å². The Balaban J connectivity index is 2.18. The zero-order valence-electron chi connectivity index (χ0n) is 12.3. The van der Waals surface area contributed by atoms with Gasteiger partial charge in [-0.15, -0.1) is 0 Å². The first kappa shape index (κ1) is 15.2. The number of carboxylic acid groups (broad SMARTS) is 1. The zero-order valence-corrected chi connectivity index (χ0v) is 12.3. The smallest absolute Gasteiger partial charge is 0.326 e. The van der Waals surface area contributed by atoms with Crippen LogP contribution >= 0.6 is 0 Å². The number of nitrogens with one attached hydrogen (secondary N) is 1. The van der Waals surface area contributed by atoms with Gasteiger partial charge in [0.05, 0.1) is 0 Å². The van der Waals surface area contributed by atoms with E-state index in [0.717, 1.165) is 0 Å². The van der Waals surface area contributed by atoms with E-state index in [1.165, 1.54) is 0 Å². The number of aliphatic carboxylic acids is 1. The van der Waals surface area contributed by atoms with Gasteiger partial charge in [0, 0.05) is 5.56 Å². The van der Waals surface area contributed by atoms with Crippen molar-refractivity contribution in [3.05, 3.63) is 23.8 Å². The fourth-order valence-electron chi connectivity index (χ4n) is 2.05. The zero-order chi connectivity index (χ0) is 15.6.